The maximum absolute atomic E-state index is 15.4. The smallest absolute Gasteiger partial charge is 0.306 e. The summed E-state index contributed by atoms with van der Waals surface area (Å²) in [5.41, 5.74) is 1.23. The lowest BCUT2D eigenvalue weighted by atomic mass is 10.0. The van der Waals surface area contributed by atoms with Crippen LogP contribution in [0, 0.1) is 17.7 Å². The number of Topliss-reactive ketones (excluding diaryl/α,β-unsaturated/α-hetero) is 1. The first-order valence-corrected chi connectivity index (χ1v) is 14.9. The Hall–Kier alpha value is -4.10. The number of ether oxygens (including phenoxy) is 3. The molecule has 44 heavy (non-hydrogen) atoms. The fourth-order valence-corrected chi connectivity index (χ4v) is 6.03. The molecule has 1 aliphatic rings. The molecule has 3 N–H and O–H groups in total. The fraction of sp³-hybridized carbons (Fsp3) is 0.400. The van der Waals surface area contributed by atoms with Crippen molar-refractivity contribution in [3.05, 3.63) is 45.0 Å². The lowest BCUT2D eigenvalue weighted by Crippen LogP contribution is -2.28. The number of aliphatic carboxylic acids is 2. The molecule has 14 heteroatoms. The minimum absolute atomic E-state index is 0.00178. The third kappa shape index (κ3) is 6.99. The van der Waals surface area contributed by atoms with Crippen molar-refractivity contribution >= 4 is 56.7 Å². The van der Waals surface area contributed by atoms with Gasteiger partial charge in [-0.25, -0.2) is 4.39 Å². The average Bonchev–Trinajstić information content (AvgIpc) is 3.60. The monoisotopic (exact) mass is 651 g/mol. The lowest BCUT2D eigenvalue weighted by Gasteiger charge is -2.16. The van der Waals surface area contributed by atoms with E-state index in [9.17, 15) is 24.3 Å². The number of thiophene rings is 1. The van der Waals surface area contributed by atoms with Gasteiger partial charge in [0.25, 0.3) is 0 Å². The van der Waals surface area contributed by atoms with Crippen LogP contribution in [0.25, 0.3) is 10.1 Å². The summed E-state index contributed by atoms with van der Waals surface area (Å²) in [6.45, 7) is 3.24. The van der Waals surface area contributed by atoms with Crippen molar-refractivity contribution in [1.82, 2.24) is 4.90 Å². The van der Waals surface area contributed by atoms with E-state index in [2.05, 4.69) is 0 Å². The number of ketones is 1. The SMILES string of the molecule is COc1cc2sc(C(=O)C[C@H](C)C(=O)O)cc2c(F)c1OCCCOc1c(O)cc2c(c1Cl)CN(C(=O)C[C@H](C)C(=O)O)C2. The molecule has 236 valence electrons. The summed E-state index contributed by atoms with van der Waals surface area (Å²) >= 11 is 7.55. The van der Waals surface area contributed by atoms with Gasteiger partial charge in [0, 0.05) is 48.5 Å². The number of carboxylic acid groups (broad SMARTS) is 2. The van der Waals surface area contributed by atoms with Crippen LogP contribution in [0.4, 0.5) is 4.39 Å². The molecule has 0 fully saturated rings. The Morgan fingerprint density at radius 3 is 2.27 bits per heavy atom. The molecule has 2 atom stereocenters. The number of amides is 1. The van der Waals surface area contributed by atoms with Gasteiger partial charge in [-0.05, 0) is 23.3 Å². The van der Waals surface area contributed by atoms with Gasteiger partial charge >= 0.3 is 11.9 Å². The predicted molar refractivity (Wildman–Crippen MR) is 158 cm³/mol. The van der Waals surface area contributed by atoms with Gasteiger partial charge in [0.2, 0.25) is 5.91 Å². The molecule has 0 saturated carbocycles. The number of methoxy groups -OCH3 is 1. The number of hydrogen-bond acceptors (Lipinski definition) is 9. The van der Waals surface area contributed by atoms with E-state index in [1.165, 1.54) is 38.0 Å². The van der Waals surface area contributed by atoms with E-state index >= 15 is 4.39 Å². The standard InChI is InChI=1S/C30H31ClFNO10S/c1-14(29(37)38)7-19(34)23-10-17-22(44-23)11-21(41-3)28(26(17)32)43-6-4-5-42-27-20(35)9-16-12-33(13-18(16)25(27)31)24(36)8-15(2)30(39)40/h9-11,14-15,35H,4-8,12-13H2,1-3H3,(H,37,38)(H,39,40)/t14-,15-/m0/s1. The maximum atomic E-state index is 15.4. The molecule has 4 rings (SSSR count). The van der Waals surface area contributed by atoms with E-state index in [-0.39, 0.29) is 89.8 Å². The Morgan fingerprint density at radius 2 is 1.64 bits per heavy atom. The first kappa shape index (κ1) is 32.8. The van der Waals surface area contributed by atoms with Crippen LogP contribution in [0.3, 0.4) is 0 Å². The van der Waals surface area contributed by atoms with E-state index in [1.54, 1.807) is 6.07 Å². The van der Waals surface area contributed by atoms with Crippen LogP contribution >= 0.6 is 22.9 Å². The molecule has 2 heterocycles. The van der Waals surface area contributed by atoms with E-state index in [1.807, 2.05) is 0 Å². The molecule has 0 bridgehead atoms. The summed E-state index contributed by atoms with van der Waals surface area (Å²) in [7, 11) is 1.35. The van der Waals surface area contributed by atoms with Crippen LogP contribution in [0.1, 0.15) is 53.9 Å². The Morgan fingerprint density at radius 1 is 1.00 bits per heavy atom. The van der Waals surface area contributed by atoms with Gasteiger partial charge in [0.15, 0.2) is 34.6 Å². The number of phenolic OH excluding ortho intramolecular Hbond substituents is 1. The zero-order valence-electron chi connectivity index (χ0n) is 24.1. The summed E-state index contributed by atoms with van der Waals surface area (Å²) in [4.78, 5) is 49.0. The number of nitrogens with zero attached hydrogens (tertiary/aromatic N) is 1. The quantitative estimate of drug-likeness (QED) is 0.150. The molecule has 3 aromatic rings. The number of carboxylic acids is 2. The fourth-order valence-electron chi connectivity index (χ4n) is 4.66. The molecular weight excluding hydrogens is 621 g/mol. The summed E-state index contributed by atoms with van der Waals surface area (Å²) < 4.78 is 32.6. The Labute approximate surface area is 260 Å². The van der Waals surface area contributed by atoms with Crippen molar-refractivity contribution < 1.29 is 53.1 Å². The summed E-state index contributed by atoms with van der Waals surface area (Å²) in [6, 6.07) is 4.38. The first-order chi connectivity index (χ1) is 20.8. The summed E-state index contributed by atoms with van der Waals surface area (Å²) in [6.07, 6.45) is -0.117. The third-order valence-corrected chi connectivity index (χ3v) is 8.76. The number of carbonyl (C=O) groups excluding carboxylic acids is 2. The van der Waals surface area contributed by atoms with E-state index in [4.69, 9.17) is 36.0 Å². The van der Waals surface area contributed by atoms with Gasteiger partial charge < -0.3 is 34.4 Å². The Kier molecular flexibility index (Phi) is 10.2. The van der Waals surface area contributed by atoms with E-state index in [0.717, 1.165) is 11.3 Å². The van der Waals surface area contributed by atoms with Crippen LogP contribution in [0.5, 0.6) is 23.0 Å². The zero-order chi connectivity index (χ0) is 32.3. The molecule has 2 aromatic carbocycles. The second-order valence-corrected chi connectivity index (χ2v) is 12.0. The van der Waals surface area contributed by atoms with Crippen LogP contribution in [-0.2, 0) is 27.5 Å². The number of hydrogen-bond donors (Lipinski definition) is 3. The second-order valence-electron chi connectivity index (χ2n) is 10.5. The number of halogens is 2. The van der Waals surface area contributed by atoms with Crippen molar-refractivity contribution in [1.29, 1.82) is 0 Å². The molecule has 1 amide bonds. The molecule has 0 unspecified atom stereocenters. The molecule has 0 saturated heterocycles. The highest BCUT2D eigenvalue weighted by molar-refractivity contribution is 7.20. The van der Waals surface area contributed by atoms with Crippen molar-refractivity contribution in [2.75, 3.05) is 20.3 Å². The largest absolute Gasteiger partial charge is 0.504 e. The van der Waals surface area contributed by atoms with Crippen molar-refractivity contribution in [2.24, 2.45) is 11.8 Å². The van der Waals surface area contributed by atoms with E-state index < -0.39 is 35.4 Å². The molecule has 11 nitrogen and oxygen atoms in total. The predicted octanol–water partition coefficient (Wildman–Crippen LogP) is 5.50. The Bertz CT molecular complexity index is 1620. The van der Waals surface area contributed by atoms with Gasteiger partial charge in [-0.15, -0.1) is 11.3 Å². The van der Waals surface area contributed by atoms with Gasteiger partial charge in [0.1, 0.15) is 0 Å². The molecule has 1 aromatic heterocycles. The highest BCUT2D eigenvalue weighted by Crippen LogP contribution is 2.43. The number of benzene rings is 2. The third-order valence-electron chi connectivity index (χ3n) is 7.23. The molecule has 1 aliphatic heterocycles. The second kappa shape index (κ2) is 13.7. The molecular formula is C30H31ClFNO10S. The Balaban J connectivity index is 1.38. The van der Waals surface area contributed by atoms with Gasteiger partial charge in [0.05, 0.1) is 42.1 Å². The molecule has 0 spiro atoms. The van der Waals surface area contributed by atoms with E-state index in [0.29, 0.717) is 15.8 Å². The topological polar surface area (TPSA) is 160 Å². The van der Waals surface area contributed by atoms with Crippen molar-refractivity contribution in [3.8, 4) is 23.0 Å². The zero-order valence-corrected chi connectivity index (χ0v) is 25.7. The number of carbonyl (C=O) groups is 4. The van der Waals surface area contributed by atoms with Gasteiger partial charge in [-0.3, -0.25) is 19.2 Å². The maximum Gasteiger partial charge on any atom is 0.306 e. The number of aromatic hydroxyl groups is 1. The number of fused-ring (bicyclic) bond motifs is 2. The first-order valence-electron chi connectivity index (χ1n) is 13.7. The van der Waals surface area contributed by atoms with Crippen LogP contribution < -0.4 is 14.2 Å². The lowest BCUT2D eigenvalue weighted by molar-refractivity contribution is -0.145. The summed E-state index contributed by atoms with van der Waals surface area (Å²) in [5, 5.41) is 29.0. The number of phenols is 1. The molecule has 0 aliphatic carbocycles. The summed E-state index contributed by atoms with van der Waals surface area (Å²) in [5.74, 6) is -5.57. The normalized spacial score (nSPS) is 13.8. The van der Waals surface area contributed by atoms with Crippen molar-refractivity contribution in [2.45, 2.75) is 46.2 Å². The average molecular weight is 652 g/mol. The van der Waals surface area contributed by atoms with Crippen LogP contribution in [-0.4, -0.2) is 64.2 Å². The number of rotatable bonds is 14. The highest BCUT2D eigenvalue weighted by Gasteiger charge is 2.30. The molecule has 0 radical (unpaired) electrons. The van der Waals surface area contributed by atoms with Gasteiger partial charge in [-0.2, -0.15) is 0 Å². The minimum atomic E-state index is -1.09. The highest BCUT2D eigenvalue weighted by atomic mass is 35.5. The minimum Gasteiger partial charge on any atom is -0.504 e. The van der Waals surface area contributed by atoms with Crippen LogP contribution in [0.15, 0.2) is 18.2 Å². The van der Waals surface area contributed by atoms with Crippen molar-refractivity contribution in [3.63, 3.8) is 0 Å². The van der Waals surface area contributed by atoms with Crippen LogP contribution in [0.2, 0.25) is 5.02 Å². The van der Waals surface area contributed by atoms with Gasteiger partial charge in [-0.1, -0.05) is 25.4 Å².